The highest BCUT2D eigenvalue weighted by atomic mass is 16.5. The van der Waals surface area contributed by atoms with E-state index in [-0.39, 0.29) is 12.4 Å². The summed E-state index contributed by atoms with van der Waals surface area (Å²) in [4.78, 5) is 11.3. The van der Waals surface area contributed by atoms with Gasteiger partial charge in [-0.15, -0.1) is 0 Å². The Morgan fingerprint density at radius 2 is 1.94 bits per heavy atom. The van der Waals surface area contributed by atoms with Crippen LogP contribution in [0.2, 0.25) is 0 Å². The second-order valence-corrected chi connectivity index (χ2v) is 4.13. The predicted molar refractivity (Wildman–Crippen MR) is 64.0 cm³/mol. The topological polar surface area (TPSA) is 52.3 Å². The van der Waals surface area contributed by atoms with E-state index in [0.29, 0.717) is 6.42 Å². The minimum Gasteiger partial charge on any atom is -0.469 e. The quantitative estimate of drug-likeness (QED) is 0.792. The third kappa shape index (κ3) is 2.83. The van der Waals surface area contributed by atoms with Gasteiger partial charge in [-0.3, -0.25) is 4.79 Å². The maximum atomic E-state index is 11.3. The number of hydrogen-bond donors (Lipinski definition) is 1. The predicted octanol–water partition coefficient (Wildman–Crippen LogP) is 2.12. The van der Waals surface area contributed by atoms with Gasteiger partial charge >= 0.3 is 5.97 Å². The molecule has 1 atom stereocenters. The number of benzene rings is 1. The van der Waals surface area contributed by atoms with Crippen LogP contribution in [0.1, 0.15) is 30.9 Å². The Kier molecular flexibility index (Phi) is 4.07. The van der Waals surface area contributed by atoms with Crippen molar-refractivity contribution in [1.29, 1.82) is 0 Å². The van der Waals surface area contributed by atoms with Crippen LogP contribution in [-0.4, -0.2) is 13.1 Å². The van der Waals surface area contributed by atoms with E-state index in [1.165, 1.54) is 12.7 Å². The molecule has 1 rings (SSSR count). The van der Waals surface area contributed by atoms with Gasteiger partial charge in [0.15, 0.2) is 0 Å². The zero-order chi connectivity index (χ0) is 12.2. The molecule has 0 bridgehead atoms. The van der Waals surface area contributed by atoms with Crippen LogP contribution in [0.3, 0.4) is 0 Å². The number of hydrogen-bond acceptors (Lipinski definition) is 3. The average Bonchev–Trinajstić information content (AvgIpc) is 2.29. The Hall–Kier alpha value is -1.35. The number of aryl methyl sites for hydroxylation is 1. The lowest BCUT2D eigenvalue weighted by Gasteiger charge is -2.27. The van der Waals surface area contributed by atoms with Crippen LogP contribution in [0.4, 0.5) is 0 Å². The maximum Gasteiger partial charge on any atom is 0.307 e. The first-order valence-electron chi connectivity index (χ1n) is 5.44. The Labute approximate surface area is 96.6 Å². The van der Waals surface area contributed by atoms with Crippen molar-refractivity contribution in [2.75, 3.05) is 7.11 Å². The van der Waals surface area contributed by atoms with Crippen LogP contribution in [0.15, 0.2) is 24.3 Å². The van der Waals surface area contributed by atoms with E-state index in [2.05, 4.69) is 4.74 Å². The van der Waals surface area contributed by atoms with Crippen LogP contribution in [0.25, 0.3) is 0 Å². The number of carbonyl (C=O) groups is 1. The van der Waals surface area contributed by atoms with Gasteiger partial charge in [0.2, 0.25) is 0 Å². The molecular formula is C13H19NO2. The number of rotatable bonds is 4. The molecule has 1 aromatic carbocycles. The summed E-state index contributed by atoms with van der Waals surface area (Å²) < 4.78 is 4.67. The van der Waals surface area contributed by atoms with Crippen molar-refractivity contribution in [3.05, 3.63) is 35.4 Å². The highest BCUT2D eigenvalue weighted by Crippen LogP contribution is 2.26. The number of ether oxygens (including phenoxy) is 1. The van der Waals surface area contributed by atoms with Gasteiger partial charge in [0.25, 0.3) is 0 Å². The second kappa shape index (κ2) is 5.12. The van der Waals surface area contributed by atoms with Crippen molar-refractivity contribution >= 4 is 5.97 Å². The molecule has 0 amide bonds. The van der Waals surface area contributed by atoms with E-state index < -0.39 is 5.54 Å². The number of esters is 1. The third-order valence-corrected chi connectivity index (χ3v) is 2.94. The fourth-order valence-corrected chi connectivity index (χ4v) is 1.65. The zero-order valence-corrected chi connectivity index (χ0v) is 10.1. The monoisotopic (exact) mass is 221 g/mol. The number of methoxy groups -OCH3 is 1. The molecule has 0 aliphatic heterocycles. The first kappa shape index (κ1) is 12.7. The average molecular weight is 221 g/mol. The Balaban J connectivity index is 2.95. The molecule has 0 aromatic heterocycles. The summed E-state index contributed by atoms with van der Waals surface area (Å²) in [5.74, 6) is -0.273. The van der Waals surface area contributed by atoms with E-state index in [9.17, 15) is 4.79 Å². The summed E-state index contributed by atoms with van der Waals surface area (Å²) in [6.45, 7) is 4.00. The summed E-state index contributed by atoms with van der Waals surface area (Å²) in [7, 11) is 1.38. The van der Waals surface area contributed by atoms with Crippen LogP contribution < -0.4 is 5.73 Å². The van der Waals surface area contributed by atoms with Gasteiger partial charge < -0.3 is 10.5 Å². The van der Waals surface area contributed by atoms with Crippen molar-refractivity contribution in [3.8, 4) is 0 Å². The lowest BCUT2D eigenvalue weighted by molar-refractivity contribution is -0.142. The molecule has 0 spiro atoms. The minimum absolute atomic E-state index is 0.211. The minimum atomic E-state index is -0.624. The number of nitrogens with two attached hydrogens (primary N) is 1. The molecule has 0 heterocycles. The van der Waals surface area contributed by atoms with E-state index in [4.69, 9.17) is 5.73 Å². The van der Waals surface area contributed by atoms with Crippen LogP contribution in [0.5, 0.6) is 0 Å². The fraction of sp³-hybridized carbons (Fsp3) is 0.462. The first-order valence-corrected chi connectivity index (χ1v) is 5.44. The van der Waals surface area contributed by atoms with Gasteiger partial charge in [-0.25, -0.2) is 0 Å². The summed E-state index contributed by atoms with van der Waals surface area (Å²) >= 11 is 0. The molecule has 16 heavy (non-hydrogen) atoms. The van der Waals surface area contributed by atoms with Gasteiger partial charge in [-0.05, 0) is 18.9 Å². The Morgan fingerprint density at radius 3 is 2.38 bits per heavy atom. The zero-order valence-electron chi connectivity index (χ0n) is 10.1. The summed E-state index contributed by atoms with van der Waals surface area (Å²) in [5.41, 5.74) is 7.78. The summed E-state index contributed by atoms with van der Waals surface area (Å²) in [5, 5.41) is 0. The largest absolute Gasteiger partial charge is 0.469 e. The number of carbonyl (C=O) groups excluding carboxylic acids is 1. The van der Waals surface area contributed by atoms with Crippen LogP contribution >= 0.6 is 0 Å². The summed E-state index contributed by atoms with van der Waals surface area (Å²) in [6, 6.07) is 7.96. The van der Waals surface area contributed by atoms with Gasteiger partial charge in [-0.2, -0.15) is 0 Å². The third-order valence-electron chi connectivity index (χ3n) is 2.94. The van der Waals surface area contributed by atoms with E-state index >= 15 is 0 Å². The normalized spacial score (nSPS) is 14.2. The van der Waals surface area contributed by atoms with Crippen LogP contribution in [0, 0.1) is 6.92 Å². The highest BCUT2D eigenvalue weighted by molar-refractivity contribution is 5.71. The molecule has 0 saturated heterocycles. The Bertz CT molecular complexity index is 359. The smallest absolute Gasteiger partial charge is 0.307 e. The maximum absolute atomic E-state index is 11.3. The van der Waals surface area contributed by atoms with Crippen molar-refractivity contribution in [1.82, 2.24) is 0 Å². The van der Waals surface area contributed by atoms with Crippen molar-refractivity contribution in [3.63, 3.8) is 0 Å². The molecule has 1 unspecified atom stereocenters. The molecule has 88 valence electrons. The molecule has 0 aliphatic rings. The molecular weight excluding hydrogens is 202 g/mol. The Morgan fingerprint density at radius 1 is 1.38 bits per heavy atom. The van der Waals surface area contributed by atoms with E-state index in [1.54, 1.807) is 0 Å². The lowest BCUT2D eigenvalue weighted by Crippen LogP contribution is -2.38. The summed E-state index contributed by atoms with van der Waals surface area (Å²) in [6.07, 6.45) is 0.911. The van der Waals surface area contributed by atoms with Crippen molar-refractivity contribution < 1.29 is 9.53 Å². The molecule has 0 saturated carbocycles. The SMILES string of the molecule is CCC(N)(CC(=O)OC)c1ccc(C)cc1. The molecule has 0 aliphatic carbocycles. The van der Waals surface area contributed by atoms with Crippen LogP contribution in [-0.2, 0) is 15.1 Å². The highest BCUT2D eigenvalue weighted by Gasteiger charge is 2.28. The standard InChI is InChI=1S/C13H19NO2/c1-4-13(14,9-12(15)16-3)11-7-5-10(2)6-8-11/h5-8H,4,9,14H2,1-3H3. The van der Waals surface area contributed by atoms with E-state index in [1.807, 2.05) is 38.1 Å². The molecule has 2 N–H and O–H groups in total. The van der Waals surface area contributed by atoms with Crippen molar-refractivity contribution in [2.24, 2.45) is 5.73 Å². The molecule has 0 radical (unpaired) electrons. The molecule has 1 aromatic rings. The van der Waals surface area contributed by atoms with Crippen molar-refractivity contribution in [2.45, 2.75) is 32.2 Å². The molecule has 3 nitrogen and oxygen atoms in total. The van der Waals surface area contributed by atoms with E-state index in [0.717, 1.165) is 5.56 Å². The fourth-order valence-electron chi connectivity index (χ4n) is 1.65. The molecule has 0 fully saturated rings. The molecule has 3 heteroatoms. The van der Waals surface area contributed by atoms with Gasteiger partial charge in [0.05, 0.1) is 19.1 Å². The van der Waals surface area contributed by atoms with Gasteiger partial charge in [0.1, 0.15) is 0 Å². The van der Waals surface area contributed by atoms with Gasteiger partial charge in [-0.1, -0.05) is 36.8 Å². The lowest BCUT2D eigenvalue weighted by atomic mass is 9.85. The van der Waals surface area contributed by atoms with Gasteiger partial charge in [0, 0.05) is 0 Å². The first-order chi connectivity index (χ1) is 7.51. The second-order valence-electron chi connectivity index (χ2n) is 4.13.